The van der Waals surface area contributed by atoms with Crippen LogP contribution < -0.4 is 0 Å². The number of likely N-dealkylation sites (tertiary alicyclic amines) is 1. The van der Waals surface area contributed by atoms with Gasteiger partial charge < -0.3 is 5.11 Å². The Morgan fingerprint density at radius 1 is 1.22 bits per heavy atom. The van der Waals surface area contributed by atoms with Gasteiger partial charge in [-0.15, -0.1) is 0 Å². The Balaban J connectivity index is 2.13. The van der Waals surface area contributed by atoms with Crippen LogP contribution in [0.1, 0.15) is 64.7 Å². The lowest BCUT2D eigenvalue weighted by molar-refractivity contribution is -0.141. The van der Waals surface area contributed by atoms with E-state index >= 15 is 0 Å². The van der Waals surface area contributed by atoms with E-state index < -0.39 is 5.97 Å². The maximum absolute atomic E-state index is 11.3. The van der Waals surface area contributed by atoms with Crippen LogP contribution in [0.3, 0.4) is 0 Å². The van der Waals surface area contributed by atoms with Gasteiger partial charge in [-0.1, -0.05) is 32.6 Å². The van der Waals surface area contributed by atoms with Crippen LogP contribution in [-0.4, -0.2) is 34.6 Å². The predicted octanol–water partition coefficient (Wildman–Crippen LogP) is 3.29. The van der Waals surface area contributed by atoms with Gasteiger partial charge >= 0.3 is 5.97 Å². The van der Waals surface area contributed by atoms with E-state index in [1.165, 1.54) is 38.5 Å². The van der Waals surface area contributed by atoms with Gasteiger partial charge in [0.2, 0.25) is 0 Å². The molecule has 18 heavy (non-hydrogen) atoms. The minimum Gasteiger partial charge on any atom is -0.481 e. The van der Waals surface area contributed by atoms with Crippen LogP contribution in [0.25, 0.3) is 0 Å². The van der Waals surface area contributed by atoms with E-state index in [2.05, 4.69) is 11.8 Å². The summed E-state index contributed by atoms with van der Waals surface area (Å²) in [6, 6.07) is 0. The number of aliphatic carboxylic acids is 1. The van der Waals surface area contributed by atoms with Gasteiger partial charge in [-0.25, -0.2) is 0 Å². The van der Waals surface area contributed by atoms with Crippen molar-refractivity contribution in [2.75, 3.05) is 13.1 Å². The van der Waals surface area contributed by atoms with Gasteiger partial charge in [-0.3, -0.25) is 9.69 Å². The molecule has 2 atom stereocenters. The first-order valence-corrected chi connectivity index (χ1v) is 7.59. The first-order valence-electron chi connectivity index (χ1n) is 7.59. The summed E-state index contributed by atoms with van der Waals surface area (Å²) in [7, 11) is 0. The molecule has 1 aliphatic carbocycles. The van der Waals surface area contributed by atoms with Crippen molar-refractivity contribution in [3.05, 3.63) is 0 Å². The van der Waals surface area contributed by atoms with Crippen LogP contribution in [0.15, 0.2) is 0 Å². The fourth-order valence-corrected chi connectivity index (χ4v) is 4.02. The van der Waals surface area contributed by atoms with Crippen molar-refractivity contribution in [3.63, 3.8) is 0 Å². The van der Waals surface area contributed by atoms with Crippen LogP contribution in [-0.2, 0) is 4.79 Å². The third kappa shape index (κ3) is 3.25. The Labute approximate surface area is 111 Å². The molecule has 0 spiro atoms. The average Bonchev–Trinajstić information content (AvgIpc) is 2.56. The zero-order chi connectivity index (χ0) is 13.0. The third-order valence-corrected chi connectivity index (χ3v) is 4.82. The maximum Gasteiger partial charge on any atom is 0.305 e. The Bertz CT molecular complexity index is 284. The second-order valence-electron chi connectivity index (χ2n) is 6.40. The van der Waals surface area contributed by atoms with Crippen LogP contribution in [0, 0.1) is 5.92 Å². The molecule has 104 valence electrons. The second kappa shape index (κ2) is 6.05. The van der Waals surface area contributed by atoms with Crippen molar-refractivity contribution < 1.29 is 9.90 Å². The fourth-order valence-electron chi connectivity index (χ4n) is 4.02. The van der Waals surface area contributed by atoms with E-state index in [1.54, 1.807) is 0 Å². The van der Waals surface area contributed by atoms with Crippen molar-refractivity contribution in [3.8, 4) is 0 Å². The summed E-state index contributed by atoms with van der Waals surface area (Å²) in [6.45, 7) is 4.51. The number of carbonyl (C=O) groups is 1. The first kappa shape index (κ1) is 13.9. The van der Waals surface area contributed by atoms with Gasteiger partial charge in [-0.2, -0.15) is 0 Å². The highest BCUT2D eigenvalue weighted by molar-refractivity contribution is 5.68. The summed E-state index contributed by atoms with van der Waals surface area (Å²) in [5.74, 6) is 0.0645. The third-order valence-electron chi connectivity index (χ3n) is 4.82. The molecule has 1 saturated carbocycles. The van der Waals surface area contributed by atoms with E-state index in [0.717, 1.165) is 25.9 Å². The molecule has 2 aliphatic rings. The molecule has 0 aromatic heterocycles. The Hall–Kier alpha value is -0.570. The highest BCUT2D eigenvalue weighted by Crippen LogP contribution is 2.40. The minimum absolute atomic E-state index is 0.0339. The molecule has 3 heteroatoms. The quantitative estimate of drug-likeness (QED) is 0.839. The monoisotopic (exact) mass is 253 g/mol. The van der Waals surface area contributed by atoms with Gasteiger partial charge in [0, 0.05) is 5.54 Å². The van der Waals surface area contributed by atoms with Crippen LogP contribution in [0.5, 0.6) is 0 Å². The topological polar surface area (TPSA) is 40.5 Å². The van der Waals surface area contributed by atoms with E-state index in [9.17, 15) is 9.90 Å². The van der Waals surface area contributed by atoms with E-state index in [4.69, 9.17) is 0 Å². The molecule has 0 radical (unpaired) electrons. The highest BCUT2D eigenvalue weighted by Gasteiger charge is 2.41. The summed E-state index contributed by atoms with van der Waals surface area (Å²) >= 11 is 0. The molecule has 0 aromatic carbocycles. The van der Waals surface area contributed by atoms with Gasteiger partial charge in [0.1, 0.15) is 0 Å². The molecule has 2 unspecified atom stereocenters. The lowest BCUT2D eigenvalue weighted by atomic mass is 9.73. The molecule has 1 heterocycles. The molecule has 0 bridgehead atoms. The van der Waals surface area contributed by atoms with Crippen LogP contribution in [0.2, 0.25) is 0 Å². The molecular weight excluding hydrogens is 226 g/mol. The second-order valence-corrected chi connectivity index (χ2v) is 6.40. The van der Waals surface area contributed by atoms with Crippen molar-refractivity contribution in [2.45, 2.75) is 70.3 Å². The molecule has 2 rings (SSSR count). The van der Waals surface area contributed by atoms with E-state index in [1.807, 2.05) is 0 Å². The standard InChI is InChI=1S/C15H27NO2/c1-13-7-6-8-15(11-13,12-14(17)18)16-9-4-2-3-5-10-16/h13H,2-12H2,1H3,(H,17,18). The summed E-state index contributed by atoms with van der Waals surface area (Å²) in [6.07, 6.45) is 10.1. The molecule has 3 nitrogen and oxygen atoms in total. The number of hydrogen-bond donors (Lipinski definition) is 1. The lowest BCUT2D eigenvalue weighted by Gasteiger charge is -2.47. The van der Waals surface area contributed by atoms with Crippen molar-refractivity contribution in [1.29, 1.82) is 0 Å². The Morgan fingerprint density at radius 3 is 2.44 bits per heavy atom. The maximum atomic E-state index is 11.3. The van der Waals surface area contributed by atoms with Crippen molar-refractivity contribution >= 4 is 5.97 Å². The van der Waals surface area contributed by atoms with Crippen molar-refractivity contribution in [2.24, 2.45) is 5.92 Å². The molecule has 0 aromatic rings. The number of carboxylic acid groups (broad SMARTS) is 1. The van der Waals surface area contributed by atoms with Crippen LogP contribution in [0.4, 0.5) is 0 Å². The van der Waals surface area contributed by atoms with Crippen molar-refractivity contribution in [1.82, 2.24) is 4.90 Å². The fraction of sp³-hybridized carbons (Fsp3) is 0.933. The molecular formula is C15H27NO2. The van der Waals surface area contributed by atoms with Gasteiger partial charge in [-0.05, 0) is 44.7 Å². The summed E-state index contributed by atoms with van der Waals surface area (Å²) < 4.78 is 0. The molecule has 1 aliphatic heterocycles. The highest BCUT2D eigenvalue weighted by atomic mass is 16.4. The summed E-state index contributed by atoms with van der Waals surface area (Å²) in [5.41, 5.74) is -0.0339. The van der Waals surface area contributed by atoms with Crippen LogP contribution >= 0.6 is 0 Å². The Kier molecular flexibility index (Phi) is 4.66. The normalized spacial score (nSPS) is 35.1. The smallest absolute Gasteiger partial charge is 0.305 e. The summed E-state index contributed by atoms with van der Waals surface area (Å²) in [5, 5.41) is 9.29. The molecule has 1 N–H and O–H groups in total. The molecule has 0 amide bonds. The van der Waals surface area contributed by atoms with Gasteiger partial charge in [0.25, 0.3) is 0 Å². The van der Waals surface area contributed by atoms with E-state index in [-0.39, 0.29) is 5.54 Å². The minimum atomic E-state index is -0.617. The average molecular weight is 253 g/mol. The first-order chi connectivity index (χ1) is 8.62. The lowest BCUT2D eigenvalue weighted by Crippen LogP contribution is -2.53. The number of rotatable bonds is 3. The predicted molar refractivity (Wildman–Crippen MR) is 72.7 cm³/mol. The summed E-state index contributed by atoms with van der Waals surface area (Å²) in [4.78, 5) is 13.8. The van der Waals surface area contributed by atoms with Gasteiger partial charge in [0.15, 0.2) is 0 Å². The zero-order valence-electron chi connectivity index (χ0n) is 11.7. The largest absolute Gasteiger partial charge is 0.481 e. The molecule has 1 saturated heterocycles. The Morgan fingerprint density at radius 2 is 1.89 bits per heavy atom. The number of nitrogens with zero attached hydrogens (tertiary/aromatic N) is 1. The zero-order valence-corrected chi connectivity index (χ0v) is 11.7. The van der Waals surface area contributed by atoms with E-state index in [0.29, 0.717) is 12.3 Å². The van der Waals surface area contributed by atoms with Gasteiger partial charge in [0.05, 0.1) is 6.42 Å². The number of carboxylic acids is 1. The molecule has 2 fully saturated rings. The SMILES string of the molecule is CC1CCCC(CC(=O)O)(N2CCCCCC2)C1. The number of hydrogen-bond acceptors (Lipinski definition) is 2.